The van der Waals surface area contributed by atoms with Crippen LogP contribution < -0.4 is 0 Å². The Balaban J connectivity index is 1.85. The second-order valence-electron chi connectivity index (χ2n) is 9.14. The number of benzene rings is 3. The topological polar surface area (TPSA) is 20.2 Å². The molecule has 2 heteroatoms. The molecule has 3 aromatic carbocycles. The minimum atomic E-state index is -0.969. The van der Waals surface area contributed by atoms with Gasteiger partial charge in [-0.2, -0.15) is 0 Å². The van der Waals surface area contributed by atoms with E-state index in [1.807, 2.05) is 32.0 Å². The van der Waals surface area contributed by atoms with Gasteiger partial charge in [-0.15, -0.1) is 0 Å². The number of aliphatic hydroxyl groups is 1. The molecule has 1 nitrogen and oxygen atoms in total. The van der Waals surface area contributed by atoms with Gasteiger partial charge in [0, 0.05) is 16.0 Å². The summed E-state index contributed by atoms with van der Waals surface area (Å²) in [6.45, 7) is 3.67. The SMILES string of the molecule is CC(C)(O)c1cccc(Cl)c1-c1cccc2c1-c1ccccc1C21CCCCC1. The van der Waals surface area contributed by atoms with Crippen molar-refractivity contribution in [2.75, 3.05) is 0 Å². The van der Waals surface area contributed by atoms with Crippen molar-refractivity contribution >= 4 is 11.6 Å². The molecule has 0 aromatic heterocycles. The molecule has 1 spiro atoms. The lowest BCUT2D eigenvalue weighted by atomic mass is 9.67. The molecule has 0 aliphatic heterocycles. The normalized spacial score (nSPS) is 17.2. The summed E-state index contributed by atoms with van der Waals surface area (Å²) in [5, 5.41) is 11.6. The lowest BCUT2D eigenvalue weighted by Gasteiger charge is -2.36. The molecule has 1 N–H and O–H groups in total. The molecule has 0 unspecified atom stereocenters. The van der Waals surface area contributed by atoms with E-state index >= 15 is 0 Å². The van der Waals surface area contributed by atoms with E-state index in [1.165, 1.54) is 54.4 Å². The van der Waals surface area contributed by atoms with Crippen molar-refractivity contribution in [2.45, 2.75) is 57.0 Å². The van der Waals surface area contributed by atoms with Gasteiger partial charge in [0.1, 0.15) is 0 Å². The van der Waals surface area contributed by atoms with Crippen LogP contribution in [-0.4, -0.2) is 5.11 Å². The zero-order valence-electron chi connectivity index (χ0n) is 17.1. The maximum atomic E-state index is 10.9. The molecule has 5 rings (SSSR count). The van der Waals surface area contributed by atoms with Crippen molar-refractivity contribution in [1.82, 2.24) is 0 Å². The highest BCUT2D eigenvalue weighted by Gasteiger charge is 2.44. The number of hydrogen-bond acceptors (Lipinski definition) is 1. The van der Waals surface area contributed by atoms with Gasteiger partial charge in [-0.1, -0.05) is 85.5 Å². The van der Waals surface area contributed by atoms with Crippen molar-refractivity contribution in [2.24, 2.45) is 0 Å². The number of rotatable bonds is 2. The van der Waals surface area contributed by atoms with Gasteiger partial charge < -0.3 is 5.11 Å². The molecule has 2 aliphatic rings. The van der Waals surface area contributed by atoms with Crippen LogP contribution in [0.15, 0.2) is 60.7 Å². The summed E-state index contributed by atoms with van der Waals surface area (Å²) in [5.41, 5.74) is 7.68. The third-order valence-electron chi connectivity index (χ3n) is 6.94. The standard InChI is InChI=1S/C27H27ClO/c1-26(2,29)21-13-9-15-23(28)25(21)19-11-8-14-22-24(19)18-10-4-5-12-20(18)27(22)16-6-3-7-17-27/h4-5,8-15,29H,3,6-7,16-17H2,1-2H3. The van der Waals surface area contributed by atoms with Gasteiger partial charge in [0.2, 0.25) is 0 Å². The predicted molar refractivity (Wildman–Crippen MR) is 121 cm³/mol. The molecule has 0 radical (unpaired) electrons. The number of hydrogen-bond donors (Lipinski definition) is 1. The first kappa shape index (κ1) is 18.9. The van der Waals surface area contributed by atoms with Gasteiger partial charge in [-0.25, -0.2) is 0 Å². The highest BCUT2D eigenvalue weighted by Crippen LogP contribution is 2.58. The first-order valence-electron chi connectivity index (χ1n) is 10.7. The van der Waals surface area contributed by atoms with Gasteiger partial charge in [-0.3, -0.25) is 0 Å². The first-order valence-corrected chi connectivity index (χ1v) is 11.1. The Morgan fingerprint density at radius 3 is 2.17 bits per heavy atom. The lowest BCUT2D eigenvalue weighted by molar-refractivity contribution is 0.0792. The Bertz CT molecular complexity index is 1080. The zero-order chi connectivity index (χ0) is 20.2. The molecule has 0 amide bonds. The second-order valence-corrected chi connectivity index (χ2v) is 9.55. The summed E-state index contributed by atoms with van der Waals surface area (Å²) in [6.07, 6.45) is 6.30. The van der Waals surface area contributed by atoms with Crippen molar-refractivity contribution < 1.29 is 5.11 Å². The van der Waals surface area contributed by atoms with Gasteiger partial charge in [0.05, 0.1) is 5.60 Å². The predicted octanol–water partition coefficient (Wildman–Crippen LogP) is 7.47. The van der Waals surface area contributed by atoms with E-state index in [4.69, 9.17) is 11.6 Å². The number of fused-ring (bicyclic) bond motifs is 5. The van der Waals surface area contributed by atoms with Gasteiger partial charge in [0.15, 0.2) is 0 Å². The fourth-order valence-electron chi connectivity index (χ4n) is 5.71. The molecule has 1 fully saturated rings. The third-order valence-corrected chi connectivity index (χ3v) is 7.26. The molecule has 0 saturated heterocycles. The fraction of sp³-hybridized carbons (Fsp3) is 0.333. The van der Waals surface area contributed by atoms with E-state index < -0.39 is 5.60 Å². The van der Waals surface area contributed by atoms with Crippen LogP contribution in [-0.2, 0) is 11.0 Å². The lowest BCUT2D eigenvalue weighted by Crippen LogP contribution is -2.28. The second kappa shape index (κ2) is 6.72. The average molecular weight is 403 g/mol. The monoisotopic (exact) mass is 402 g/mol. The van der Waals surface area contributed by atoms with Gasteiger partial charge >= 0.3 is 0 Å². The van der Waals surface area contributed by atoms with E-state index in [0.29, 0.717) is 5.02 Å². The van der Waals surface area contributed by atoms with Crippen molar-refractivity contribution in [3.05, 3.63) is 82.4 Å². The Morgan fingerprint density at radius 2 is 1.41 bits per heavy atom. The Hall–Kier alpha value is -2.09. The molecule has 0 bridgehead atoms. The van der Waals surface area contributed by atoms with Crippen molar-refractivity contribution in [1.29, 1.82) is 0 Å². The van der Waals surface area contributed by atoms with Crippen LogP contribution in [0.25, 0.3) is 22.3 Å². The maximum absolute atomic E-state index is 10.9. The van der Waals surface area contributed by atoms with E-state index in [9.17, 15) is 5.11 Å². The van der Waals surface area contributed by atoms with E-state index in [0.717, 1.165) is 16.7 Å². The van der Waals surface area contributed by atoms with Crippen LogP contribution in [0, 0.1) is 0 Å². The summed E-state index contributed by atoms with van der Waals surface area (Å²) in [7, 11) is 0. The Kier molecular flexibility index (Phi) is 4.38. The Labute approximate surface area is 178 Å². The third kappa shape index (κ3) is 2.79. The minimum absolute atomic E-state index is 0.121. The summed E-state index contributed by atoms with van der Waals surface area (Å²) in [6, 6.07) is 21.4. The van der Waals surface area contributed by atoms with Crippen LogP contribution >= 0.6 is 11.6 Å². The van der Waals surface area contributed by atoms with Crippen LogP contribution in [0.4, 0.5) is 0 Å². The molecule has 1 saturated carbocycles. The molecular weight excluding hydrogens is 376 g/mol. The van der Waals surface area contributed by atoms with Crippen LogP contribution in [0.3, 0.4) is 0 Å². The molecule has 29 heavy (non-hydrogen) atoms. The Morgan fingerprint density at radius 1 is 0.759 bits per heavy atom. The largest absolute Gasteiger partial charge is 0.386 e. The van der Waals surface area contributed by atoms with Crippen LogP contribution in [0.5, 0.6) is 0 Å². The molecule has 0 atom stereocenters. The molecule has 3 aromatic rings. The highest BCUT2D eigenvalue weighted by molar-refractivity contribution is 6.33. The molecule has 2 aliphatic carbocycles. The summed E-state index contributed by atoms with van der Waals surface area (Å²) in [4.78, 5) is 0. The zero-order valence-corrected chi connectivity index (χ0v) is 17.9. The van der Waals surface area contributed by atoms with Crippen LogP contribution in [0.1, 0.15) is 62.6 Å². The molecule has 148 valence electrons. The van der Waals surface area contributed by atoms with Crippen molar-refractivity contribution in [3.63, 3.8) is 0 Å². The maximum Gasteiger partial charge on any atom is 0.0847 e. The molecular formula is C27H27ClO. The van der Waals surface area contributed by atoms with E-state index in [2.05, 4.69) is 42.5 Å². The molecule has 0 heterocycles. The fourth-order valence-corrected chi connectivity index (χ4v) is 5.99. The number of halogens is 1. The quantitative estimate of drug-likeness (QED) is 0.471. The first-order chi connectivity index (χ1) is 13.9. The van der Waals surface area contributed by atoms with Crippen molar-refractivity contribution in [3.8, 4) is 22.3 Å². The van der Waals surface area contributed by atoms with Crippen LogP contribution in [0.2, 0.25) is 5.02 Å². The van der Waals surface area contributed by atoms with E-state index in [1.54, 1.807) is 0 Å². The minimum Gasteiger partial charge on any atom is -0.386 e. The average Bonchev–Trinajstić information content (AvgIpc) is 2.98. The summed E-state index contributed by atoms with van der Waals surface area (Å²) >= 11 is 6.76. The van der Waals surface area contributed by atoms with E-state index in [-0.39, 0.29) is 5.41 Å². The highest BCUT2D eigenvalue weighted by atomic mass is 35.5. The van der Waals surface area contributed by atoms with Gasteiger partial charge in [-0.05, 0) is 66.1 Å². The summed E-state index contributed by atoms with van der Waals surface area (Å²) in [5.74, 6) is 0. The summed E-state index contributed by atoms with van der Waals surface area (Å²) < 4.78 is 0. The van der Waals surface area contributed by atoms with Gasteiger partial charge in [0.25, 0.3) is 0 Å². The smallest absolute Gasteiger partial charge is 0.0847 e.